The van der Waals surface area contributed by atoms with E-state index in [1.807, 2.05) is 0 Å². The number of fused-ring (bicyclic) bond motifs is 1. The predicted octanol–water partition coefficient (Wildman–Crippen LogP) is 3.35. The van der Waals surface area contributed by atoms with Crippen LogP contribution in [0, 0.1) is 0 Å². The zero-order valence-corrected chi connectivity index (χ0v) is 14.0. The van der Waals surface area contributed by atoms with E-state index < -0.39 is 0 Å². The average molecular weight is 368 g/mol. The van der Waals surface area contributed by atoms with E-state index in [2.05, 4.69) is 15.5 Å². The number of hydrogen-bond donors (Lipinski definition) is 2. The quantitative estimate of drug-likeness (QED) is 0.690. The summed E-state index contributed by atoms with van der Waals surface area (Å²) in [4.78, 5) is 12.0. The standard InChI is InChI=1S/C14H11Cl2N5OS/c15-10-3-2-9(5-11(10)16)18-13(22)7-23-14-20-19-12-4-1-8(17)6-21(12)14/h1-6H,7,17H2,(H,18,22). The molecule has 0 saturated carbocycles. The van der Waals surface area contributed by atoms with Gasteiger partial charge in [-0.3, -0.25) is 9.20 Å². The summed E-state index contributed by atoms with van der Waals surface area (Å²) in [6.07, 6.45) is 1.72. The third-order valence-electron chi connectivity index (χ3n) is 2.93. The van der Waals surface area contributed by atoms with Gasteiger partial charge in [-0.1, -0.05) is 35.0 Å². The Hall–Kier alpha value is -1.96. The van der Waals surface area contributed by atoms with E-state index in [0.29, 0.717) is 32.2 Å². The third-order valence-corrected chi connectivity index (χ3v) is 4.61. The van der Waals surface area contributed by atoms with Gasteiger partial charge in [-0.2, -0.15) is 0 Å². The molecule has 1 aromatic carbocycles. The van der Waals surface area contributed by atoms with Gasteiger partial charge in [0.2, 0.25) is 5.91 Å². The van der Waals surface area contributed by atoms with E-state index in [1.165, 1.54) is 11.8 Å². The molecule has 0 unspecified atom stereocenters. The first-order valence-corrected chi connectivity index (χ1v) is 8.25. The fourth-order valence-corrected chi connectivity index (χ4v) is 2.90. The normalized spacial score (nSPS) is 10.9. The maximum absolute atomic E-state index is 12.0. The van der Waals surface area contributed by atoms with E-state index in [4.69, 9.17) is 28.9 Å². The summed E-state index contributed by atoms with van der Waals surface area (Å²) < 4.78 is 1.74. The highest BCUT2D eigenvalue weighted by molar-refractivity contribution is 7.99. The molecular formula is C14H11Cl2N5OS. The lowest BCUT2D eigenvalue weighted by Gasteiger charge is -2.06. The number of hydrogen-bond acceptors (Lipinski definition) is 5. The Kier molecular flexibility index (Phi) is 4.61. The number of nitrogens with two attached hydrogens (primary N) is 1. The van der Waals surface area contributed by atoms with Crippen LogP contribution in [0.4, 0.5) is 11.4 Å². The third kappa shape index (κ3) is 3.69. The van der Waals surface area contributed by atoms with Crippen molar-refractivity contribution in [2.24, 2.45) is 0 Å². The minimum atomic E-state index is -0.186. The maximum atomic E-state index is 12.0. The number of rotatable bonds is 4. The number of pyridine rings is 1. The molecule has 6 nitrogen and oxygen atoms in total. The van der Waals surface area contributed by atoms with Crippen molar-refractivity contribution in [2.75, 3.05) is 16.8 Å². The Morgan fingerprint density at radius 1 is 1.22 bits per heavy atom. The Morgan fingerprint density at radius 2 is 2.04 bits per heavy atom. The second kappa shape index (κ2) is 6.66. The van der Waals surface area contributed by atoms with E-state index in [9.17, 15) is 4.79 Å². The van der Waals surface area contributed by atoms with Crippen LogP contribution in [0.25, 0.3) is 5.65 Å². The van der Waals surface area contributed by atoms with Crippen LogP contribution in [-0.2, 0) is 4.79 Å². The van der Waals surface area contributed by atoms with Crippen molar-refractivity contribution in [3.05, 3.63) is 46.6 Å². The van der Waals surface area contributed by atoms with Crippen molar-refractivity contribution < 1.29 is 4.79 Å². The number of carbonyl (C=O) groups is 1. The second-order valence-corrected chi connectivity index (χ2v) is 6.40. The molecule has 0 saturated heterocycles. The van der Waals surface area contributed by atoms with Gasteiger partial charge in [0.25, 0.3) is 0 Å². The number of aromatic nitrogens is 3. The first kappa shape index (κ1) is 15.9. The van der Waals surface area contributed by atoms with Crippen LogP contribution in [0.5, 0.6) is 0 Å². The summed E-state index contributed by atoms with van der Waals surface area (Å²) >= 11 is 13.0. The SMILES string of the molecule is Nc1ccc2nnc(SCC(=O)Nc3ccc(Cl)c(Cl)c3)n2c1. The zero-order chi connectivity index (χ0) is 16.4. The summed E-state index contributed by atoms with van der Waals surface area (Å²) in [6, 6.07) is 8.42. The maximum Gasteiger partial charge on any atom is 0.234 e. The molecule has 0 aliphatic rings. The number of thioether (sulfide) groups is 1. The second-order valence-electron chi connectivity index (χ2n) is 4.64. The first-order valence-electron chi connectivity index (χ1n) is 6.51. The Bertz CT molecular complexity index is 883. The molecule has 118 valence electrons. The number of halogens is 2. The van der Waals surface area contributed by atoms with Crippen molar-refractivity contribution in [3.63, 3.8) is 0 Å². The van der Waals surface area contributed by atoms with Crippen LogP contribution in [0.2, 0.25) is 10.0 Å². The molecule has 2 heterocycles. The van der Waals surface area contributed by atoms with Gasteiger partial charge in [0, 0.05) is 17.6 Å². The number of nitrogen functional groups attached to an aromatic ring is 1. The van der Waals surface area contributed by atoms with Crippen molar-refractivity contribution in [3.8, 4) is 0 Å². The highest BCUT2D eigenvalue weighted by atomic mass is 35.5. The molecule has 0 radical (unpaired) electrons. The Balaban J connectivity index is 1.66. The van der Waals surface area contributed by atoms with Crippen LogP contribution < -0.4 is 11.1 Å². The van der Waals surface area contributed by atoms with Crippen LogP contribution >= 0.6 is 35.0 Å². The minimum absolute atomic E-state index is 0.176. The largest absolute Gasteiger partial charge is 0.398 e. The number of nitrogens with one attached hydrogen (secondary N) is 1. The average Bonchev–Trinajstić information content (AvgIpc) is 2.91. The molecule has 3 aromatic rings. The number of carbonyl (C=O) groups excluding carboxylic acids is 1. The summed E-state index contributed by atoms with van der Waals surface area (Å²) in [6.45, 7) is 0. The van der Waals surface area contributed by atoms with Crippen molar-refractivity contribution in [2.45, 2.75) is 5.16 Å². The number of anilines is 2. The van der Waals surface area contributed by atoms with Gasteiger partial charge in [0.05, 0.1) is 15.8 Å². The molecule has 23 heavy (non-hydrogen) atoms. The van der Waals surface area contributed by atoms with Crippen LogP contribution in [0.3, 0.4) is 0 Å². The molecule has 0 spiro atoms. The van der Waals surface area contributed by atoms with Crippen molar-refractivity contribution in [1.29, 1.82) is 0 Å². The van der Waals surface area contributed by atoms with Gasteiger partial charge in [0.15, 0.2) is 10.8 Å². The van der Waals surface area contributed by atoms with Gasteiger partial charge >= 0.3 is 0 Å². The lowest BCUT2D eigenvalue weighted by atomic mass is 10.3. The minimum Gasteiger partial charge on any atom is -0.398 e. The van der Waals surface area contributed by atoms with Crippen molar-refractivity contribution >= 4 is 57.9 Å². The topological polar surface area (TPSA) is 85.3 Å². The predicted molar refractivity (Wildman–Crippen MR) is 93.2 cm³/mol. The van der Waals surface area contributed by atoms with Crippen molar-refractivity contribution in [1.82, 2.24) is 14.6 Å². The molecule has 3 N–H and O–H groups in total. The van der Waals surface area contributed by atoms with Gasteiger partial charge in [-0.05, 0) is 30.3 Å². The van der Waals surface area contributed by atoms with Crippen LogP contribution in [0.15, 0.2) is 41.7 Å². The number of amides is 1. The van der Waals surface area contributed by atoms with Crippen LogP contribution in [0.1, 0.15) is 0 Å². The van der Waals surface area contributed by atoms with Gasteiger partial charge in [-0.25, -0.2) is 0 Å². The van der Waals surface area contributed by atoms with E-state index in [1.54, 1.807) is 40.9 Å². The molecule has 2 aromatic heterocycles. The summed E-state index contributed by atoms with van der Waals surface area (Å²) in [5.41, 5.74) is 7.60. The molecule has 0 bridgehead atoms. The highest BCUT2D eigenvalue weighted by Crippen LogP contribution is 2.25. The number of benzene rings is 1. The first-order chi connectivity index (χ1) is 11.0. The molecular weight excluding hydrogens is 357 g/mol. The van der Waals surface area contributed by atoms with E-state index in [0.717, 1.165) is 0 Å². The Labute approximate surface area is 146 Å². The molecule has 0 aliphatic heterocycles. The van der Waals surface area contributed by atoms with Gasteiger partial charge in [-0.15, -0.1) is 10.2 Å². The lowest BCUT2D eigenvalue weighted by Crippen LogP contribution is -2.14. The van der Waals surface area contributed by atoms with E-state index >= 15 is 0 Å². The summed E-state index contributed by atoms with van der Waals surface area (Å²) in [5, 5.41) is 12.2. The fraction of sp³-hybridized carbons (Fsp3) is 0.0714. The molecule has 3 rings (SSSR count). The Morgan fingerprint density at radius 3 is 2.83 bits per heavy atom. The molecule has 0 atom stereocenters. The van der Waals surface area contributed by atoms with Gasteiger partial charge in [0.1, 0.15) is 0 Å². The monoisotopic (exact) mass is 367 g/mol. The van der Waals surface area contributed by atoms with Crippen LogP contribution in [-0.4, -0.2) is 26.3 Å². The molecule has 1 amide bonds. The van der Waals surface area contributed by atoms with E-state index in [-0.39, 0.29) is 11.7 Å². The molecule has 0 fully saturated rings. The fourth-order valence-electron chi connectivity index (χ4n) is 1.89. The zero-order valence-electron chi connectivity index (χ0n) is 11.7. The van der Waals surface area contributed by atoms with Gasteiger partial charge < -0.3 is 11.1 Å². The summed E-state index contributed by atoms with van der Waals surface area (Å²) in [5.74, 6) is -0.00965. The smallest absolute Gasteiger partial charge is 0.234 e. The highest BCUT2D eigenvalue weighted by Gasteiger charge is 2.10. The molecule has 0 aliphatic carbocycles. The lowest BCUT2D eigenvalue weighted by molar-refractivity contribution is -0.113. The summed E-state index contributed by atoms with van der Waals surface area (Å²) in [7, 11) is 0. The number of nitrogens with zero attached hydrogens (tertiary/aromatic N) is 3. The molecule has 9 heteroatoms.